The average molecular weight is 343 g/mol. The third-order valence-electron chi connectivity index (χ3n) is 4.20. The Balaban J connectivity index is 2.35. The first-order valence-electron chi connectivity index (χ1n) is 8.72. The van der Waals surface area contributed by atoms with Crippen molar-refractivity contribution in [1.29, 1.82) is 0 Å². The number of unbranched alkanes of at least 4 members (excludes halogenated alkanes) is 1. The summed E-state index contributed by atoms with van der Waals surface area (Å²) in [5.41, 5.74) is 1.37. The maximum absolute atomic E-state index is 12.3. The van der Waals surface area contributed by atoms with Gasteiger partial charge in [0.05, 0.1) is 5.69 Å². The lowest BCUT2D eigenvalue weighted by atomic mass is 10.1. The molecule has 0 aliphatic carbocycles. The van der Waals surface area contributed by atoms with Crippen LogP contribution in [0.1, 0.15) is 50.4 Å². The molecule has 5 heteroatoms. The molecule has 2 aromatic rings. The van der Waals surface area contributed by atoms with E-state index in [4.69, 9.17) is 4.74 Å². The highest BCUT2D eigenvalue weighted by molar-refractivity contribution is 5.72. The topological polar surface area (TPSA) is 68.5 Å². The summed E-state index contributed by atoms with van der Waals surface area (Å²) >= 11 is 0. The van der Waals surface area contributed by atoms with E-state index in [1.165, 1.54) is 6.07 Å². The van der Waals surface area contributed by atoms with E-state index in [1.54, 1.807) is 10.8 Å². The molecule has 1 heterocycles. The SMILES string of the molecule is CCCCC(C(=O)O)n1ccc(=O)c(OCc2ccccc2)c1CC. The van der Waals surface area contributed by atoms with Gasteiger partial charge in [0.25, 0.3) is 0 Å². The first-order chi connectivity index (χ1) is 12.1. The second-order valence-electron chi connectivity index (χ2n) is 5.99. The second-order valence-corrected chi connectivity index (χ2v) is 5.99. The second kappa shape index (κ2) is 9.06. The molecule has 0 radical (unpaired) electrons. The van der Waals surface area contributed by atoms with Crippen molar-refractivity contribution in [3.05, 3.63) is 64.1 Å². The zero-order valence-electron chi connectivity index (χ0n) is 14.8. The van der Waals surface area contributed by atoms with Crippen LogP contribution in [0.25, 0.3) is 0 Å². The number of rotatable bonds is 9. The Hall–Kier alpha value is -2.56. The minimum atomic E-state index is -0.888. The van der Waals surface area contributed by atoms with Crippen LogP contribution in [0.3, 0.4) is 0 Å². The first-order valence-corrected chi connectivity index (χ1v) is 8.72. The van der Waals surface area contributed by atoms with E-state index in [0.717, 1.165) is 18.4 Å². The zero-order valence-corrected chi connectivity index (χ0v) is 14.8. The highest BCUT2D eigenvalue weighted by Crippen LogP contribution is 2.23. The van der Waals surface area contributed by atoms with Crippen molar-refractivity contribution in [2.75, 3.05) is 0 Å². The van der Waals surface area contributed by atoms with Crippen molar-refractivity contribution in [2.45, 2.75) is 52.2 Å². The Bertz CT molecular complexity index is 752. The summed E-state index contributed by atoms with van der Waals surface area (Å²) in [5.74, 6) is -0.641. The number of hydrogen-bond donors (Lipinski definition) is 1. The van der Waals surface area contributed by atoms with Gasteiger partial charge in [0.15, 0.2) is 5.75 Å². The summed E-state index contributed by atoms with van der Waals surface area (Å²) in [6.45, 7) is 4.21. The Labute approximate surface area is 147 Å². The van der Waals surface area contributed by atoms with Crippen LogP contribution in [0.4, 0.5) is 0 Å². The van der Waals surface area contributed by atoms with Crippen LogP contribution in [-0.4, -0.2) is 15.6 Å². The molecule has 0 spiro atoms. The van der Waals surface area contributed by atoms with Gasteiger partial charge in [-0.25, -0.2) is 4.79 Å². The Morgan fingerprint density at radius 2 is 1.92 bits per heavy atom. The van der Waals surface area contributed by atoms with Crippen LogP contribution in [0, 0.1) is 0 Å². The molecule has 1 aromatic carbocycles. The van der Waals surface area contributed by atoms with E-state index in [2.05, 4.69) is 0 Å². The van der Waals surface area contributed by atoms with E-state index < -0.39 is 12.0 Å². The number of pyridine rings is 1. The van der Waals surface area contributed by atoms with E-state index in [0.29, 0.717) is 18.5 Å². The summed E-state index contributed by atoms with van der Waals surface area (Å²) in [6, 6.07) is 10.3. The zero-order chi connectivity index (χ0) is 18.2. The molecule has 0 amide bonds. The largest absolute Gasteiger partial charge is 0.483 e. The lowest BCUT2D eigenvalue weighted by Crippen LogP contribution is -2.25. The number of aromatic nitrogens is 1. The molecule has 25 heavy (non-hydrogen) atoms. The minimum absolute atomic E-state index is 0.219. The van der Waals surface area contributed by atoms with Crippen LogP contribution < -0.4 is 10.2 Å². The van der Waals surface area contributed by atoms with Gasteiger partial charge < -0.3 is 14.4 Å². The lowest BCUT2D eigenvalue weighted by molar-refractivity contribution is -0.141. The predicted molar refractivity (Wildman–Crippen MR) is 97.1 cm³/mol. The van der Waals surface area contributed by atoms with E-state index in [1.807, 2.05) is 44.2 Å². The molecule has 0 aliphatic heterocycles. The van der Waals surface area contributed by atoms with E-state index in [9.17, 15) is 14.7 Å². The number of hydrogen-bond acceptors (Lipinski definition) is 3. The molecule has 1 atom stereocenters. The van der Waals surface area contributed by atoms with Crippen LogP contribution in [0.5, 0.6) is 5.75 Å². The highest BCUT2D eigenvalue weighted by atomic mass is 16.5. The van der Waals surface area contributed by atoms with Gasteiger partial charge in [0.2, 0.25) is 5.43 Å². The molecular weight excluding hydrogens is 318 g/mol. The molecule has 0 saturated heterocycles. The fourth-order valence-electron chi connectivity index (χ4n) is 2.87. The summed E-state index contributed by atoms with van der Waals surface area (Å²) in [6.07, 6.45) is 4.36. The lowest BCUT2D eigenvalue weighted by Gasteiger charge is -2.22. The molecular formula is C20H25NO4. The Kier molecular flexibility index (Phi) is 6.81. The summed E-state index contributed by atoms with van der Waals surface area (Å²) in [4.78, 5) is 24.0. The van der Waals surface area contributed by atoms with Gasteiger partial charge in [-0.05, 0) is 18.4 Å². The predicted octanol–water partition coefficient (Wildman–Crippen LogP) is 3.81. The molecule has 134 valence electrons. The Morgan fingerprint density at radius 1 is 1.20 bits per heavy atom. The van der Waals surface area contributed by atoms with E-state index >= 15 is 0 Å². The summed E-state index contributed by atoms with van der Waals surface area (Å²) in [7, 11) is 0. The highest BCUT2D eigenvalue weighted by Gasteiger charge is 2.23. The molecule has 0 fully saturated rings. The number of benzene rings is 1. The van der Waals surface area contributed by atoms with Gasteiger partial charge in [0.1, 0.15) is 12.6 Å². The van der Waals surface area contributed by atoms with Gasteiger partial charge in [0, 0.05) is 12.3 Å². The van der Waals surface area contributed by atoms with Crippen LogP contribution >= 0.6 is 0 Å². The van der Waals surface area contributed by atoms with Gasteiger partial charge in [-0.3, -0.25) is 4.79 Å². The van der Waals surface area contributed by atoms with Crippen molar-refractivity contribution >= 4 is 5.97 Å². The fourth-order valence-corrected chi connectivity index (χ4v) is 2.87. The first kappa shape index (κ1) is 18.8. The van der Waals surface area contributed by atoms with Crippen molar-refractivity contribution in [3.63, 3.8) is 0 Å². The maximum atomic E-state index is 12.3. The van der Waals surface area contributed by atoms with Crippen LogP contribution in [-0.2, 0) is 17.8 Å². The number of aliphatic carboxylic acids is 1. The van der Waals surface area contributed by atoms with Gasteiger partial charge in [-0.15, -0.1) is 0 Å². The van der Waals surface area contributed by atoms with Crippen LogP contribution in [0.15, 0.2) is 47.4 Å². The fraction of sp³-hybridized carbons (Fsp3) is 0.400. The average Bonchev–Trinajstić information content (AvgIpc) is 2.62. The van der Waals surface area contributed by atoms with Crippen molar-refractivity contribution in [3.8, 4) is 5.75 Å². The number of carbonyl (C=O) groups is 1. The van der Waals surface area contributed by atoms with Gasteiger partial charge in [-0.1, -0.05) is 57.0 Å². The van der Waals surface area contributed by atoms with Crippen LogP contribution in [0.2, 0.25) is 0 Å². The quantitative estimate of drug-likeness (QED) is 0.752. The van der Waals surface area contributed by atoms with Crippen molar-refractivity contribution < 1.29 is 14.6 Å². The number of ether oxygens (including phenoxy) is 1. The number of carboxylic acid groups (broad SMARTS) is 1. The van der Waals surface area contributed by atoms with Crippen molar-refractivity contribution in [1.82, 2.24) is 4.57 Å². The Morgan fingerprint density at radius 3 is 2.52 bits per heavy atom. The summed E-state index contributed by atoms with van der Waals surface area (Å²) in [5, 5.41) is 9.60. The third-order valence-corrected chi connectivity index (χ3v) is 4.20. The molecule has 0 bridgehead atoms. The number of nitrogens with zero attached hydrogens (tertiary/aromatic N) is 1. The third kappa shape index (κ3) is 4.72. The number of carboxylic acids is 1. The van der Waals surface area contributed by atoms with Gasteiger partial charge >= 0.3 is 5.97 Å². The molecule has 2 rings (SSSR count). The molecule has 1 N–H and O–H groups in total. The molecule has 5 nitrogen and oxygen atoms in total. The van der Waals surface area contributed by atoms with Crippen molar-refractivity contribution in [2.24, 2.45) is 0 Å². The standard InChI is InChI=1S/C20H25NO4/c1-3-5-11-17(20(23)24)21-13-12-18(22)19(16(21)4-2)25-14-15-9-7-6-8-10-15/h6-10,12-13,17H,3-5,11,14H2,1-2H3,(H,23,24). The summed E-state index contributed by atoms with van der Waals surface area (Å²) < 4.78 is 7.47. The molecule has 1 aromatic heterocycles. The monoisotopic (exact) mass is 343 g/mol. The molecule has 1 unspecified atom stereocenters. The smallest absolute Gasteiger partial charge is 0.326 e. The van der Waals surface area contributed by atoms with Gasteiger partial charge in [-0.2, -0.15) is 0 Å². The normalized spacial score (nSPS) is 11.9. The molecule has 0 saturated carbocycles. The maximum Gasteiger partial charge on any atom is 0.326 e. The molecule has 0 aliphatic rings. The minimum Gasteiger partial charge on any atom is -0.483 e. The van der Waals surface area contributed by atoms with E-state index in [-0.39, 0.29) is 17.8 Å².